The van der Waals surface area contributed by atoms with Crippen molar-refractivity contribution in [2.75, 3.05) is 18.0 Å². The largest absolute Gasteiger partial charge is 0.372 e. The topological polar surface area (TPSA) is 21.1 Å². The van der Waals surface area contributed by atoms with Crippen LogP contribution in [-0.4, -0.2) is 22.6 Å². The van der Waals surface area contributed by atoms with Crippen LogP contribution in [0.5, 0.6) is 0 Å². The fourth-order valence-electron chi connectivity index (χ4n) is 3.17. The number of anilines is 1. The third-order valence-electron chi connectivity index (χ3n) is 4.34. The zero-order valence-electron chi connectivity index (χ0n) is 12.5. The molecule has 3 heteroatoms. The standard InChI is InChI=1S/C19H19N3/c1-2-6-19(22-14-11-20-15-22)18(5-1)16-7-9-17(10-8-16)21-12-3-4-13-21/h1-2,5-11,14-15H,3-4,12-13H2. The van der Waals surface area contributed by atoms with Crippen LogP contribution in [0.3, 0.4) is 0 Å². The number of hydrogen-bond acceptors (Lipinski definition) is 2. The lowest BCUT2D eigenvalue weighted by molar-refractivity contribution is 0.949. The van der Waals surface area contributed by atoms with Crippen LogP contribution in [0.25, 0.3) is 16.8 Å². The fraction of sp³-hybridized carbons (Fsp3) is 0.211. The Kier molecular flexibility index (Phi) is 3.39. The summed E-state index contributed by atoms with van der Waals surface area (Å²) in [6.07, 6.45) is 8.26. The van der Waals surface area contributed by atoms with Gasteiger partial charge in [-0.2, -0.15) is 0 Å². The monoisotopic (exact) mass is 289 g/mol. The number of aromatic nitrogens is 2. The molecule has 1 aromatic heterocycles. The number of hydrogen-bond donors (Lipinski definition) is 0. The Morgan fingerprint density at radius 3 is 2.36 bits per heavy atom. The van der Waals surface area contributed by atoms with Crippen molar-refractivity contribution < 1.29 is 0 Å². The van der Waals surface area contributed by atoms with E-state index < -0.39 is 0 Å². The van der Waals surface area contributed by atoms with Crippen LogP contribution < -0.4 is 4.90 Å². The Morgan fingerprint density at radius 2 is 1.64 bits per heavy atom. The Balaban J connectivity index is 1.70. The van der Waals surface area contributed by atoms with Gasteiger partial charge in [0.05, 0.1) is 12.0 Å². The molecule has 0 aliphatic carbocycles. The number of imidazole rings is 1. The minimum Gasteiger partial charge on any atom is -0.372 e. The van der Waals surface area contributed by atoms with Gasteiger partial charge in [-0.15, -0.1) is 0 Å². The molecular weight excluding hydrogens is 270 g/mol. The van der Waals surface area contributed by atoms with Gasteiger partial charge in [0, 0.05) is 36.7 Å². The molecule has 0 bridgehead atoms. The van der Waals surface area contributed by atoms with Gasteiger partial charge < -0.3 is 9.47 Å². The molecule has 0 atom stereocenters. The molecule has 0 saturated carbocycles. The summed E-state index contributed by atoms with van der Waals surface area (Å²) in [4.78, 5) is 6.62. The molecule has 4 rings (SSSR count). The first-order valence-corrected chi connectivity index (χ1v) is 7.84. The Hall–Kier alpha value is -2.55. The van der Waals surface area contributed by atoms with Crippen LogP contribution in [0.2, 0.25) is 0 Å². The van der Waals surface area contributed by atoms with Gasteiger partial charge in [-0.05, 0) is 36.6 Å². The Labute approximate surface area is 130 Å². The smallest absolute Gasteiger partial charge is 0.0991 e. The van der Waals surface area contributed by atoms with Crippen LogP contribution in [-0.2, 0) is 0 Å². The van der Waals surface area contributed by atoms with E-state index >= 15 is 0 Å². The highest BCUT2D eigenvalue weighted by Gasteiger charge is 2.12. The van der Waals surface area contributed by atoms with Crippen LogP contribution in [0.4, 0.5) is 5.69 Å². The molecule has 0 unspecified atom stereocenters. The number of para-hydroxylation sites is 1. The quantitative estimate of drug-likeness (QED) is 0.722. The molecule has 0 N–H and O–H groups in total. The summed E-state index contributed by atoms with van der Waals surface area (Å²) in [5.41, 5.74) is 4.97. The second kappa shape index (κ2) is 5.68. The second-order valence-corrected chi connectivity index (χ2v) is 5.73. The van der Waals surface area contributed by atoms with Crippen molar-refractivity contribution in [3.05, 3.63) is 67.3 Å². The molecule has 0 spiro atoms. The summed E-state index contributed by atoms with van der Waals surface area (Å²) >= 11 is 0. The molecule has 1 aliphatic heterocycles. The predicted molar refractivity (Wildman–Crippen MR) is 90.4 cm³/mol. The zero-order chi connectivity index (χ0) is 14.8. The highest BCUT2D eigenvalue weighted by molar-refractivity contribution is 5.74. The fourth-order valence-corrected chi connectivity index (χ4v) is 3.17. The lowest BCUT2D eigenvalue weighted by Gasteiger charge is -2.18. The third kappa shape index (κ3) is 2.39. The number of rotatable bonds is 3. The molecule has 22 heavy (non-hydrogen) atoms. The SMILES string of the molecule is c1ccc(-n2ccnc2)c(-c2ccc(N3CCCC3)cc2)c1. The van der Waals surface area contributed by atoms with Crippen molar-refractivity contribution in [1.82, 2.24) is 9.55 Å². The molecular formula is C19H19N3. The second-order valence-electron chi connectivity index (χ2n) is 5.73. The van der Waals surface area contributed by atoms with E-state index in [1.54, 1.807) is 0 Å². The van der Waals surface area contributed by atoms with Gasteiger partial charge in [0.2, 0.25) is 0 Å². The average Bonchev–Trinajstić information content (AvgIpc) is 3.29. The van der Waals surface area contributed by atoms with Crippen molar-refractivity contribution >= 4 is 5.69 Å². The molecule has 1 aliphatic rings. The highest BCUT2D eigenvalue weighted by Crippen LogP contribution is 2.29. The van der Waals surface area contributed by atoms with Gasteiger partial charge in [-0.1, -0.05) is 30.3 Å². The summed E-state index contributed by atoms with van der Waals surface area (Å²) in [5, 5.41) is 0. The molecule has 0 amide bonds. The molecule has 1 fully saturated rings. The summed E-state index contributed by atoms with van der Waals surface area (Å²) in [6.45, 7) is 2.37. The Morgan fingerprint density at radius 1 is 0.864 bits per heavy atom. The van der Waals surface area contributed by atoms with E-state index in [-0.39, 0.29) is 0 Å². The summed E-state index contributed by atoms with van der Waals surface area (Å²) < 4.78 is 2.06. The van der Waals surface area contributed by atoms with Gasteiger partial charge in [-0.3, -0.25) is 0 Å². The maximum Gasteiger partial charge on any atom is 0.0991 e. The van der Waals surface area contributed by atoms with Crippen molar-refractivity contribution in [3.8, 4) is 16.8 Å². The van der Waals surface area contributed by atoms with Gasteiger partial charge >= 0.3 is 0 Å². The van der Waals surface area contributed by atoms with E-state index in [9.17, 15) is 0 Å². The lowest BCUT2D eigenvalue weighted by Crippen LogP contribution is -2.17. The lowest BCUT2D eigenvalue weighted by atomic mass is 10.0. The normalized spacial score (nSPS) is 14.5. The van der Waals surface area contributed by atoms with Crippen LogP contribution in [0.15, 0.2) is 67.3 Å². The van der Waals surface area contributed by atoms with Crippen LogP contribution in [0, 0.1) is 0 Å². The minimum atomic E-state index is 1.16. The minimum absolute atomic E-state index is 1.16. The maximum absolute atomic E-state index is 4.16. The Bertz CT molecular complexity index is 739. The van der Waals surface area contributed by atoms with Crippen molar-refractivity contribution in [1.29, 1.82) is 0 Å². The molecule has 3 aromatic rings. The van der Waals surface area contributed by atoms with E-state index in [2.05, 4.69) is 63.0 Å². The van der Waals surface area contributed by atoms with Gasteiger partial charge in [0.15, 0.2) is 0 Å². The first-order chi connectivity index (χ1) is 10.9. The molecule has 2 aromatic carbocycles. The predicted octanol–water partition coefficient (Wildman–Crippen LogP) is 4.14. The highest BCUT2D eigenvalue weighted by atomic mass is 15.1. The third-order valence-corrected chi connectivity index (χ3v) is 4.34. The molecule has 110 valence electrons. The average molecular weight is 289 g/mol. The van der Waals surface area contributed by atoms with Crippen molar-refractivity contribution in [2.45, 2.75) is 12.8 Å². The molecule has 2 heterocycles. The first-order valence-electron chi connectivity index (χ1n) is 7.84. The van der Waals surface area contributed by atoms with Crippen LogP contribution >= 0.6 is 0 Å². The summed E-state index contributed by atoms with van der Waals surface area (Å²) in [6, 6.07) is 17.4. The van der Waals surface area contributed by atoms with E-state index in [1.807, 2.05) is 18.7 Å². The van der Waals surface area contributed by atoms with Gasteiger partial charge in [0.1, 0.15) is 0 Å². The molecule has 0 radical (unpaired) electrons. The van der Waals surface area contributed by atoms with Crippen molar-refractivity contribution in [2.24, 2.45) is 0 Å². The number of benzene rings is 2. The van der Waals surface area contributed by atoms with E-state index in [4.69, 9.17) is 0 Å². The van der Waals surface area contributed by atoms with Gasteiger partial charge in [0.25, 0.3) is 0 Å². The zero-order valence-corrected chi connectivity index (χ0v) is 12.5. The number of nitrogens with zero attached hydrogens (tertiary/aromatic N) is 3. The first kappa shape index (κ1) is 13.1. The van der Waals surface area contributed by atoms with E-state index in [1.165, 1.54) is 42.7 Å². The van der Waals surface area contributed by atoms with E-state index in [0.717, 1.165) is 5.69 Å². The summed E-state index contributed by atoms with van der Waals surface area (Å²) in [7, 11) is 0. The van der Waals surface area contributed by atoms with E-state index in [0.29, 0.717) is 0 Å². The van der Waals surface area contributed by atoms with Crippen LogP contribution in [0.1, 0.15) is 12.8 Å². The molecule has 3 nitrogen and oxygen atoms in total. The summed E-state index contributed by atoms with van der Waals surface area (Å²) in [5.74, 6) is 0. The maximum atomic E-state index is 4.16. The van der Waals surface area contributed by atoms with Crippen molar-refractivity contribution in [3.63, 3.8) is 0 Å². The molecule has 1 saturated heterocycles. The van der Waals surface area contributed by atoms with Gasteiger partial charge in [-0.25, -0.2) is 4.98 Å².